The first-order valence-electron chi connectivity index (χ1n) is 9.66. The molecule has 2 saturated heterocycles. The van der Waals surface area contributed by atoms with Crippen molar-refractivity contribution >= 4 is 17.5 Å². The maximum atomic E-state index is 12.3. The highest BCUT2D eigenvalue weighted by molar-refractivity contribution is 6.31. The van der Waals surface area contributed by atoms with Gasteiger partial charge in [-0.3, -0.25) is 14.6 Å². The Morgan fingerprint density at radius 3 is 2.26 bits per heavy atom. The molecule has 0 aliphatic carbocycles. The molecule has 0 aromatic heterocycles. The summed E-state index contributed by atoms with van der Waals surface area (Å²) in [5, 5.41) is 3.70. The molecule has 0 radical (unpaired) electrons. The normalized spacial score (nSPS) is 22.7. The molecule has 2 heterocycles. The van der Waals surface area contributed by atoms with E-state index in [1.165, 1.54) is 5.56 Å². The maximum absolute atomic E-state index is 12.3. The van der Waals surface area contributed by atoms with Crippen molar-refractivity contribution in [2.75, 3.05) is 32.7 Å². The molecule has 5 heteroatoms. The van der Waals surface area contributed by atoms with E-state index in [0.717, 1.165) is 38.3 Å². The van der Waals surface area contributed by atoms with Crippen LogP contribution in [0.3, 0.4) is 0 Å². The number of carbonyl (C=O) groups is 1. The lowest BCUT2D eigenvalue weighted by atomic mass is 10.0. The van der Waals surface area contributed by atoms with Crippen LogP contribution in [0.5, 0.6) is 0 Å². The molecular weight excluding hydrogens is 358 g/mol. The van der Waals surface area contributed by atoms with Crippen molar-refractivity contribution in [1.82, 2.24) is 15.1 Å². The summed E-state index contributed by atoms with van der Waals surface area (Å²) < 4.78 is 0. The van der Waals surface area contributed by atoms with Crippen LogP contribution in [0.4, 0.5) is 0 Å². The van der Waals surface area contributed by atoms with Crippen molar-refractivity contribution in [3.05, 3.63) is 70.7 Å². The third kappa shape index (κ3) is 4.70. The second-order valence-corrected chi connectivity index (χ2v) is 8.17. The van der Waals surface area contributed by atoms with E-state index in [2.05, 4.69) is 45.4 Å². The molecule has 0 spiro atoms. The fourth-order valence-electron chi connectivity index (χ4n) is 4.38. The number of hydrogen-bond acceptors (Lipinski definition) is 3. The minimum absolute atomic E-state index is 0.0797. The van der Waals surface area contributed by atoms with Crippen LogP contribution in [0.2, 0.25) is 5.02 Å². The van der Waals surface area contributed by atoms with Crippen molar-refractivity contribution in [1.29, 1.82) is 0 Å². The van der Waals surface area contributed by atoms with Crippen LogP contribution in [-0.2, 0) is 17.9 Å². The Hall–Kier alpha value is -1.88. The predicted molar refractivity (Wildman–Crippen MR) is 108 cm³/mol. The molecule has 2 fully saturated rings. The Morgan fingerprint density at radius 1 is 0.926 bits per heavy atom. The molecule has 2 atom stereocenters. The predicted octanol–water partition coefficient (Wildman–Crippen LogP) is 3.02. The van der Waals surface area contributed by atoms with Crippen LogP contribution in [0, 0.1) is 11.8 Å². The SMILES string of the molecule is O=C(CN1CC2CN(Cc3ccccc3)CC2C1)NCc1ccccc1Cl. The van der Waals surface area contributed by atoms with Crippen LogP contribution in [-0.4, -0.2) is 48.4 Å². The molecule has 2 unspecified atom stereocenters. The van der Waals surface area contributed by atoms with Gasteiger partial charge in [-0.05, 0) is 29.0 Å². The molecule has 27 heavy (non-hydrogen) atoms. The monoisotopic (exact) mass is 383 g/mol. The van der Waals surface area contributed by atoms with Gasteiger partial charge >= 0.3 is 0 Å². The highest BCUT2D eigenvalue weighted by Gasteiger charge is 2.40. The van der Waals surface area contributed by atoms with Gasteiger partial charge in [-0.2, -0.15) is 0 Å². The van der Waals surface area contributed by atoms with Crippen LogP contribution < -0.4 is 5.32 Å². The summed E-state index contributed by atoms with van der Waals surface area (Å²) in [6.45, 7) is 6.33. The van der Waals surface area contributed by atoms with Crippen molar-refractivity contribution < 1.29 is 4.79 Å². The van der Waals surface area contributed by atoms with Crippen molar-refractivity contribution in [3.8, 4) is 0 Å². The molecule has 2 aromatic carbocycles. The Bertz CT molecular complexity index is 768. The number of halogens is 1. The lowest BCUT2D eigenvalue weighted by Crippen LogP contribution is -2.37. The fraction of sp³-hybridized carbons (Fsp3) is 0.409. The minimum Gasteiger partial charge on any atom is -0.351 e. The van der Waals surface area contributed by atoms with E-state index in [0.29, 0.717) is 29.9 Å². The first kappa shape index (κ1) is 18.5. The fourth-order valence-corrected chi connectivity index (χ4v) is 4.58. The van der Waals surface area contributed by atoms with Gasteiger partial charge in [-0.1, -0.05) is 60.1 Å². The summed E-state index contributed by atoms with van der Waals surface area (Å²) in [5.74, 6) is 1.45. The van der Waals surface area contributed by atoms with Gasteiger partial charge in [0, 0.05) is 44.3 Å². The van der Waals surface area contributed by atoms with E-state index in [-0.39, 0.29) is 5.91 Å². The van der Waals surface area contributed by atoms with Gasteiger partial charge in [0.2, 0.25) is 5.91 Å². The largest absolute Gasteiger partial charge is 0.351 e. The quantitative estimate of drug-likeness (QED) is 0.832. The Labute approximate surface area is 166 Å². The Kier molecular flexibility index (Phi) is 5.77. The highest BCUT2D eigenvalue weighted by Crippen LogP contribution is 2.31. The summed E-state index contributed by atoms with van der Waals surface area (Å²) in [6, 6.07) is 18.3. The second kappa shape index (κ2) is 8.42. The first-order valence-corrected chi connectivity index (χ1v) is 10.0. The molecule has 0 bridgehead atoms. The van der Waals surface area contributed by atoms with Gasteiger partial charge in [0.05, 0.1) is 6.54 Å². The summed E-state index contributed by atoms with van der Waals surface area (Å²) >= 11 is 6.15. The topological polar surface area (TPSA) is 35.6 Å². The Balaban J connectivity index is 1.21. The van der Waals surface area contributed by atoms with E-state index in [9.17, 15) is 4.79 Å². The number of likely N-dealkylation sites (tertiary alicyclic amines) is 2. The molecule has 4 rings (SSSR count). The zero-order chi connectivity index (χ0) is 18.6. The van der Waals surface area contributed by atoms with Gasteiger partial charge < -0.3 is 5.32 Å². The first-order chi connectivity index (χ1) is 13.2. The number of fused-ring (bicyclic) bond motifs is 1. The minimum atomic E-state index is 0.0797. The number of carbonyl (C=O) groups excluding carboxylic acids is 1. The van der Waals surface area contributed by atoms with Gasteiger partial charge in [-0.25, -0.2) is 0 Å². The molecule has 0 saturated carbocycles. The molecular formula is C22H26ClN3O. The smallest absolute Gasteiger partial charge is 0.234 e. The average Bonchev–Trinajstić information content (AvgIpc) is 3.19. The number of hydrogen-bond donors (Lipinski definition) is 1. The van der Waals surface area contributed by atoms with E-state index >= 15 is 0 Å². The van der Waals surface area contributed by atoms with Crippen LogP contribution in [0.25, 0.3) is 0 Å². The average molecular weight is 384 g/mol. The molecule has 1 amide bonds. The number of nitrogens with zero attached hydrogens (tertiary/aromatic N) is 2. The Morgan fingerprint density at radius 2 is 1.56 bits per heavy atom. The summed E-state index contributed by atoms with van der Waals surface area (Å²) in [7, 11) is 0. The maximum Gasteiger partial charge on any atom is 0.234 e. The summed E-state index contributed by atoms with van der Waals surface area (Å²) in [4.78, 5) is 17.2. The number of rotatable bonds is 6. The molecule has 4 nitrogen and oxygen atoms in total. The van der Waals surface area contributed by atoms with Crippen molar-refractivity contribution in [2.45, 2.75) is 13.1 Å². The van der Waals surface area contributed by atoms with Crippen molar-refractivity contribution in [2.24, 2.45) is 11.8 Å². The van der Waals surface area contributed by atoms with Gasteiger partial charge in [0.15, 0.2) is 0 Å². The summed E-state index contributed by atoms with van der Waals surface area (Å²) in [5.41, 5.74) is 2.34. The molecule has 2 aliphatic heterocycles. The summed E-state index contributed by atoms with van der Waals surface area (Å²) in [6.07, 6.45) is 0. The zero-order valence-corrected chi connectivity index (χ0v) is 16.2. The van der Waals surface area contributed by atoms with Gasteiger partial charge in [0.1, 0.15) is 0 Å². The second-order valence-electron chi connectivity index (χ2n) is 7.76. The van der Waals surface area contributed by atoms with Gasteiger partial charge in [0.25, 0.3) is 0 Å². The third-order valence-electron chi connectivity index (χ3n) is 5.69. The van der Waals surface area contributed by atoms with E-state index in [4.69, 9.17) is 11.6 Å². The van der Waals surface area contributed by atoms with Crippen LogP contribution >= 0.6 is 11.6 Å². The lowest BCUT2D eigenvalue weighted by Gasteiger charge is -2.21. The van der Waals surface area contributed by atoms with E-state index in [1.807, 2.05) is 24.3 Å². The third-order valence-corrected chi connectivity index (χ3v) is 6.06. The highest BCUT2D eigenvalue weighted by atomic mass is 35.5. The molecule has 1 N–H and O–H groups in total. The molecule has 142 valence electrons. The van der Waals surface area contributed by atoms with Crippen molar-refractivity contribution in [3.63, 3.8) is 0 Å². The van der Waals surface area contributed by atoms with Crippen LogP contribution in [0.1, 0.15) is 11.1 Å². The molecule has 2 aliphatic rings. The number of amides is 1. The van der Waals surface area contributed by atoms with Crippen LogP contribution in [0.15, 0.2) is 54.6 Å². The number of benzene rings is 2. The van der Waals surface area contributed by atoms with E-state index < -0.39 is 0 Å². The lowest BCUT2D eigenvalue weighted by molar-refractivity contribution is -0.122. The number of nitrogens with one attached hydrogen (secondary N) is 1. The standard InChI is InChI=1S/C22H26ClN3O/c23-21-9-5-4-8-18(21)10-24-22(27)16-26-14-19-12-25(13-20(19)15-26)11-17-6-2-1-3-7-17/h1-9,19-20H,10-16H2,(H,24,27). The van der Waals surface area contributed by atoms with E-state index in [1.54, 1.807) is 0 Å². The van der Waals surface area contributed by atoms with Gasteiger partial charge in [-0.15, -0.1) is 0 Å². The zero-order valence-electron chi connectivity index (χ0n) is 15.5. The molecule has 2 aromatic rings.